The average Bonchev–Trinajstić information content (AvgIpc) is 3.03. The zero-order valence-corrected chi connectivity index (χ0v) is 15.0. The summed E-state index contributed by atoms with van der Waals surface area (Å²) in [5.41, 5.74) is 0. The highest BCUT2D eigenvalue weighted by Crippen LogP contribution is 2.35. The summed E-state index contributed by atoms with van der Waals surface area (Å²) in [5, 5.41) is 13.5. The number of amides is 1. The molecule has 4 nitrogen and oxygen atoms in total. The van der Waals surface area contributed by atoms with Crippen LogP contribution in [0.1, 0.15) is 43.0 Å². The number of nitrogens with one attached hydrogen (secondary N) is 1. The molecule has 0 radical (unpaired) electrons. The van der Waals surface area contributed by atoms with Gasteiger partial charge in [0.1, 0.15) is 5.01 Å². The molecule has 1 fully saturated rings. The molecule has 0 bridgehead atoms. The van der Waals surface area contributed by atoms with Crippen molar-refractivity contribution in [1.82, 2.24) is 10.2 Å². The number of carbonyl (C=O) groups is 1. The van der Waals surface area contributed by atoms with Gasteiger partial charge in [-0.05, 0) is 25.0 Å². The number of benzene rings is 1. The van der Waals surface area contributed by atoms with Crippen LogP contribution >= 0.6 is 34.7 Å². The normalized spacial score (nSPS) is 15.5. The van der Waals surface area contributed by atoms with Crippen LogP contribution in [0.25, 0.3) is 0 Å². The van der Waals surface area contributed by atoms with Gasteiger partial charge in [-0.1, -0.05) is 54.3 Å². The third-order valence-electron chi connectivity index (χ3n) is 3.84. The van der Waals surface area contributed by atoms with Crippen LogP contribution in [0.15, 0.2) is 29.2 Å². The van der Waals surface area contributed by atoms with E-state index in [-0.39, 0.29) is 5.91 Å². The number of thioether (sulfide) groups is 1. The molecule has 0 aliphatic heterocycles. The molecule has 0 spiro atoms. The fourth-order valence-electron chi connectivity index (χ4n) is 2.66. The molecule has 1 aromatic heterocycles. The Labute approximate surface area is 149 Å². The van der Waals surface area contributed by atoms with Gasteiger partial charge in [-0.15, -0.1) is 22.0 Å². The minimum atomic E-state index is -0.0822. The van der Waals surface area contributed by atoms with Crippen molar-refractivity contribution >= 4 is 45.7 Å². The quantitative estimate of drug-likeness (QED) is 0.758. The van der Waals surface area contributed by atoms with Crippen molar-refractivity contribution in [1.29, 1.82) is 0 Å². The SMILES string of the molecule is O=C(CSc1ccccc1Cl)Nc1nnc(C2CCCCC2)s1. The highest BCUT2D eigenvalue weighted by atomic mass is 35.5. The molecule has 1 aliphatic carbocycles. The van der Waals surface area contributed by atoms with Gasteiger partial charge in [-0.25, -0.2) is 0 Å². The van der Waals surface area contributed by atoms with E-state index in [9.17, 15) is 4.79 Å². The van der Waals surface area contributed by atoms with E-state index in [1.54, 1.807) is 0 Å². The first kappa shape index (κ1) is 16.7. The van der Waals surface area contributed by atoms with Gasteiger partial charge in [0, 0.05) is 10.8 Å². The van der Waals surface area contributed by atoms with E-state index in [4.69, 9.17) is 11.6 Å². The van der Waals surface area contributed by atoms with E-state index in [0.717, 1.165) is 9.90 Å². The molecule has 1 heterocycles. The minimum absolute atomic E-state index is 0.0822. The number of anilines is 1. The zero-order chi connectivity index (χ0) is 16.1. The molecular weight excluding hydrogens is 350 g/mol. The summed E-state index contributed by atoms with van der Waals surface area (Å²) in [5.74, 6) is 0.743. The lowest BCUT2D eigenvalue weighted by Crippen LogP contribution is -2.13. The molecule has 1 saturated carbocycles. The van der Waals surface area contributed by atoms with Crippen LogP contribution in [0.3, 0.4) is 0 Å². The van der Waals surface area contributed by atoms with E-state index in [1.807, 2.05) is 24.3 Å². The number of halogens is 1. The summed E-state index contributed by atoms with van der Waals surface area (Å²) in [7, 11) is 0. The lowest BCUT2D eigenvalue weighted by molar-refractivity contribution is -0.113. The molecule has 0 saturated heterocycles. The Hall–Kier alpha value is -1.11. The van der Waals surface area contributed by atoms with Crippen LogP contribution in [-0.4, -0.2) is 21.9 Å². The van der Waals surface area contributed by atoms with Crippen LogP contribution < -0.4 is 5.32 Å². The van der Waals surface area contributed by atoms with Gasteiger partial charge in [0.05, 0.1) is 10.8 Å². The fourth-order valence-corrected chi connectivity index (χ4v) is 4.63. The number of nitrogens with zero attached hydrogens (tertiary/aromatic N) is 2. The van der Waals surface area contributed by atoms with Crippen LogP contribution in [0.5, 0.6) is 0 Å². The Morgan fingerprint density at radius 2 is 2.04 bits per heavy atom. The molecule has 1 aliphatic rings. The smallest absolute Gasteiger partial charge is 0.236 e. The van der Waals surface area contributed by atoms with Gasteiger partial charge in [-0.3, -0.25) is 10.1 Å². The van der Waals surface area contributed by atoms with E-state index in [2.05, 4.69) is 15.5 Å². The van der Waals surface area contributed by atoms with Crippen molar-refractivity contribution in [2.45, 2.75) is 42.9 Å². The lowest BCUT2D eigenvalue weighted by Gasteiger charge is -2.18. The number of aromatic nitrogens is 2. The Morgan fingerprint density at radius 3 is 2.83 bits per heavy atom. The third kappa shape index (κ3) is 4.68. The maximum atomic E-state index is 12.0. The lowest BCUT2D eigenvalue weighted by atomic mass is 9.90. The van der Waals surface area contributed by atoms with Crippen LogP contribution in [0, 0.1) is 0 Å². The summed E-state index contributed by atoms with van der Waals surface area (Å²) >= 11 is 9.01. The largest absolute Gasteiger partial charge is 0.300 e. The van der Waals surface area contributed by atoms with Gasteiger partial charge in [-0.2, -0.15) is 0 Å². The van der Waals surface area contributed by atoms with Gasteiger partial charge in [0.15, 0.2) is 0 Å². The van der Waals surface area contributed by atoms with E-state index < -0.39 is 0 Å². The van der Waals surface area contributed by atoms with E-state index in [0.29, 0.717) is 21.8 Å². The average molecular weight is 368 g/mol. The molecule has 23 heavy (non-hydrogen) atoms. The highest BCUT2D eigenvalue weighted by Gasteiger charge is 2.20. The molecule has 1 aromatic carbocycles. The van der Waals surface area contributed by atoms with Crippen molar-refractivity contribution in [2.24, 2.45) is 0 Å². The second-order valence-electron chi connectivity index (χ2n) is 5.55. The first-order valence-corrected chi connectivity index (χ1v) is 9.91. The maximum absolute atomic E-state index is 12.0. The van der Waals surface area contributed by atoms with Gasteiger partial charge >= 0.3 is 0 Å². The van der Waals surface area contributed by atoms with Gasteiger partial charge < -0.3 is 0 Å². The Balaban J connectivity index is 1.52. The Kier molecular flexibility index (Phi) is 5.91. The number of rotatable bonds is 5. The zero-order valence-electron chi connectivity index (χ0n) is 12.6. The summed E-state index contributed by atoms with van der Waals surface area (Å²) in [4.78, 5) is 13.0. The second-order valence-corrected chi connectivity index (χ2v) is 7.98. The molecule has 3 rings (SSSR count). The minimum Gasteiger partial charge on any atom is -0.300 e. The molecule has 122 valence electrons. The molecule has 1 N–H and O–H groups in total. The van der Waals surface area contributed by atoms with Gasteiger partial charge in [0.2, 0.25) is 11.0 Å². The van der Waals surface area contributed by atoms with Crippen molar-refractivity contribution in [3.63, 3.8) is 0 Å². The number of hydrogen-bond acceptors (Lipinski definition) is 5. The van der Waals surface area contributed by atoms with E-state index in [1.165, 1.54) is 55.2 Å². The molecular formula is C16H18ClN3OS2. The fraction of sp³-hybridized carbons (Fsp3) is 0.438. The summed E-state index contributed by atoms with van der Waals surface area (Å²) in [6, 6.07) is 7.52. The Bertz CT molecular complexity index is 671. The third-order valence-corrected chi connectivity index (χ3v) is 6.35. The summed E-state index contributed by atoms with van der Waals surface area (Å²) in [6.45, 7) is 0. The summed E-state index contributed by atoms with van der Waals surface area (Å²) < 4.78 is 0. The van der Waals surface area contributed by atoms with Crippen molar-refractivity contribution in [3.05, 3.63) is 34.3 Å². The molecule has 0 atom stereocenters. The predicted molar refractivity (Wildman–Crippen MR) is 96.5 cm³/mol. The molecule has 0 unspecified atom stereocenters. The second kappa shape index (κ2) is 8.13. The topological polar surface area (TPSA) is 54.9 Å². The predicted octanol–water partition coefficient (Wildman–Crippen LogP) is 4.97. The van der Waals surface area contributed by atoms with E-state index >= 15 is 0 Å². The molecule has 2 aromatic rings. The van der Waals surface area contributed by atoms with Crippen molar-refractivity contribution < 1.29 is 4.79 Å². The van der Waals surface area contributed by atoms with Crippen molar-refractivity contribution in [2.75, 3.05) is 11.1 Å². The van der Waals surface area contributed by atoms with Gasteiger partial charge in [0.25, 0.3) is 0 Å². The van der Waals surface area contributed by atoms with Crippen molar-refractivity contribution in [3.8, 4) is 0 Å². The number of hydrogen-bond donors (Lipinski definition) is 1. The first-order valence-electron chi connectivity index (χ1n) is 7.73. The maximum Gasteiger partial charge on any atom is 0.236 e. The van der Waals surface area contributed by atoms with Crippen LogP contribution in [0.2, 0.25) is 5.02 Å². The Morgan fingerprint density at radius 1 is 1.26 bits per heavy atom. The highest BCUT2D eigenvalue weighted by molar-refractivity contribution is 8.00. The summed E-state index contributed by atoms with van der Waals surface area (Å²) in [6.07, 6.45) is 6.22. The molecule has 7 heteroatoms. The monoisotopic (exact) mass is 367 g/mol. The van der Waals surface area contributed by atoms with Crippen LogP contribution in [0.4, 0.5) is 5.13 Å². The standard InChI is InChI=1S/C16H18ClN3OS2/c17-12-8-4-5-9-13(12)22-10-14(21)18-16-20-19-15(23-16)11-6-2-1-3-7-11/h4-5,8-9,11H,1-3,6-7,10H2,(H,18,20,21). The van der Waals surface area contributed by atoms with Crippen LogP contribution in [-0.2, 0) is 4.79 Å². The number of carbonyl (C=O) groups excluding carboxylic acids is 1. The molecule has 1 amide bonds. The first-order chi connectivity index (χ1) is 11.2.